The number of nitrogens with zero attached hydrogens (tertiary/aromatic N) is 6. The molecular formula is C20H16ClF3N8. The number of hydrogen-bond donors (Lipinski definition) is 2. The van der Waals surface area contributed by atoms with Crippen LogP contribution in [0.2, 0.25) is 5.15 Å². The van der Waals surface area contributed by atoms with Gasteiger partial charge in [0.2, 0.25) is 11.9 Å². The van der Waals surface area contributed by atoms with Gasteiger partial charge in [-0.3, -0.25) is 4.98 Å². The van der Waals surface area contributed by atoms with Crippen LogP contribution < -0.4 is 10.6 Å². The van der Waals surface area contributed by atoms with Crippen LogP contribution in [0.1, 0.15) is 18.5 Å². The van der Waals surface area contributed by atoms with Gasteiger partial charge in [-0.15, -0.1) is 0 Å². The number of aromatic nitrogens is 5. The number of halogens is 4. The van der Waals surface area contributed by atoms with Gasteiger partial charge >= 0.3 is 0 Å². The van der Waals surface area contributed by atoms with Gasteiger partial charge in [0.05, 0.1) is 17.2 Å². The number of alkyl halides is 3. The maximum atomic E-state index is 13.1. The molecular weight excluding hydrogens is 445 g/mol. The predicted octanol–water partition coefficient (Wildman–Crippen LogP) is 4.30. The van der Waals surface area contributed by atoms with Crippen molar-refractivity contribution in [2.75, 3.05) is 17.3 Å². The van der Waals surface area contributed by atoms with E-state index in [0.29, 0.717) is 11.4 Å². The first kappa shape index (κ1) is 21.7. The molecule has 1 aliphatic rings. The summed E-state index contributed by atoms with van der Waals surface area (Å²) in [6.07, 6.45) is 0.0279. The summed E-state index contributed by atoms with van der Waals surface area (Å²) in [7, 11) is 0. The molecule has 8 nitrogen and oxygen atoms in total. The summed E-state index contributed by atoms with van der Waals surface area (Å²) in [5.74, 6) is -0.207. The van der Waals surface area contributed by atoms with Gasteiger partial charge in [-0.1, -0.05) is 17.7 Å². The van der Waals surface area contributed by atoms with Gasteiger partial charge in [-0.2, -0.15) is 20.2 Å². The van der Waals surface area contributed by atoms with Crippen molar-refractivity contribution < 1.29 is 13.2 Å². The fourth-order valence-electron chi connectivity index (χ4n) is 2.93. The largest absolute Gasteiger partial charge is 0.343 e. The van der Waals surface area contributed by atoms with E-state index in [4.69, 9.17) is 11.6 Å². The fraction of sp³-hybridized carbons (Fsp3) is 0.300. The molecule has 0 saturated heterocycles. The Labute approximate surface area is 185 Å². The van der Waals surface area contributed by atoms with Crippen molar-refractivity contribution in [3.8, 4) is 17.6 Å². The number of rotatable bonds is 8. The molecule has 3 heterocycles. The van der Waals surface area contributed by atoms with Gasteiger partial charge in [-0.25, -0.2) is 18.2 Å². The minimum absolute atomic E-state index is 0.00473. The van der Waals surface area contributed by atoms with Gasteiger partial charge in [0.15, 0.2) is 5.82 Å². The minimum Gasteiger partial charge on any atom is -0.343 e. The maximum Gasteiger partial charge on any atom is 0.261 e. The molecule has 4 rings (SSSR count). The zero-order valence-corrected chi connectivity index (χ0v) is 17.2. The first-order valence-corrected chi connectivity index (χ1v) is 9.95. The molecule has 0 aromatic carbocycles. The number of anilines is 3. The minimum atomic E-state index is -2.97. The van der Waals surface area contributed by atoms with Crippen molar-refractivity contribution in [2.45, 2.75) is 30.7 Å². The lowest BCUT2D eigenvalue weighted by atomic mass is 10.0. The number of hydrogen-bond acceptors (Lipinski definition) is 8. The van der Waals surface area contributed by atoms with Crippen LogP contribution >= 0.6 is 11.6 Å². The first-order chi connectivity index (χ1) is 15.4. The van der Waals surface area contributed by atoms with Crippen molar-refractivity contribution in [1.82, 2.24) is 24.9 Å². The van der Waals surface area contributed by atoms with Crippen LogP contribution in [0.25, 0.3) is 11.5 Å². The fourth-order valence-corrected chi connectivity index (χ4v) is 3.09. The Balaban J connectivity index is 1.69. The van der Waals surface area contributed by atoms with E-state index in [1.165, 1.54) is 0 Å². The molecule has 0 amide bonds. The molecule has 2 N–H and O–H groups in total. The Morgan fingerprint density at radius 3 is 2.56 bits per heavy atom. The normalized spacial score (nSPS) is 15.1. The lowest BCUT2D eigenvalue weighted by molar-refractivity contribution is 0.112. The third-order valence-electron chi connectivity index (χ3n) is 4.83. The molecule has 164 valence electrons. The number of nitrogens with one attached hydrogen (secondary N) is 2. The molecule has 1 saturated carbocycles. The summed E-state index contributed by atoms with van der Waals surface area (Å²) in [4.78, 5) is 20.8. The molecule has 1 aliphatic carbocycles. The van der Waals surface area contributed by atoms with E-state index in [1.807, 2.05) is 0 Å². The number of pyridine rings is 2. The molecule has 12 heteroatoms. The van der Waals surface area contributed by atoms with Gasteiger partial charge in [0.1, 0.15) is 23.6 Å². The molecule has 3 aromatic heterocycles. The second kappa shape index (κ2) is 8.92. The van der Waals surface area contributed by atoms with Crippen LogP contribution in [0.15, 0.2) is 36.5 Å². The molecule has 0 aliphatic heterocycles. The Hall–Kier alpha value is -3.52. The number of nitriles is 1. The summed E-state index contributed by atoms with van der Waals surface area (Å²) in [6.45, 7) is -1.32. The summed E-state index contributed by atoms with van der Waals surface area (Å²) in [5.41, 5.74) is 0.834. The van der Waals surface area contributed by atoms with Gasteiger partial charge in [-0.05, 0) is 37.1 Å². The highest BCUT2D eigenvalue weighted by Gasteiger charge is 2.46. The van der Waals surface area contributed by atoms with Crippen LogP contribution in [0.5, 0.6) is 0 Å². The molecule has 1 atom stereocenters. The van der Waals surface area contributed by atoms with Crippen molar-refractivity contribution in [3.05, 3.63) is 47.4 Å². The van der Waals surface area contributed by atoms with E-state index >= 15 is 0 Å². The predicted molar refractivity (Wildman–Crippen MR) is 112 cm³/mol. The Kier molecular flexibility index (Phi) is 6.05. The first-order valence-electron chi connectivity index (χ1n) is 9.57. The highest BCUT2D eigenvalue weighted by molar-refractivity contribution is 6.29. The summed E-state index contributed by atoms with van der Waals surface area (Å²) in [6, 6.07) is 8.61. The third kappa shape index (κ3) is 4.70. The second-order valence-corrected chi connectivity index (χ2v) is 7.53. The van der Waals surface area contributed by atoms with Crippen LogP contribution in [0, 0.1) is 11.3 Å². The van der Waals surface area contributed by atoms with E-state index in [2.05, 4.69) is 41.6 Å². The molecule has 0 radical (unpaired) electrons. The van der Waals surface area contributed by atoms with Crippen LogP contribution in [-0.2, 0) is 5.41 Å². The Morgan fingerprint density at radius 1 is 1.12 bits per heavy atom. The highest BCUT2D eigenvalue weighted by atomic mass is 35.5. The Morgan fingerprint density at radius 2 is 1.91 bits per heavy atom. The van der Waals surface area contributed by atoms with E-state index < -0.39 is 24.6 Å². The van der Waals surface area contributed by atoms with Crippen molar-refractivity contribution in [2.24, 2.45) is 0 Å². The lowest BCUT2D eigenvalue weighted by Crippen LogP contribution is -2.31. The Bertz CT molecular complexity index is 1170. The highest BCUT2D eigenvalue weighted by Crippen LogP contribution is 2.47. The van der Waals surface area contributed by atoms with E-state index in [9.17, 15) is 18.4 Å². The maximum absolute atomic E-state index is 13.1. The molecule has 3 aromatic rings. The third-order valence-corrected chi connectivity index (χ3v) is 5.05. The average Bonchev–Trinajstić information content (AvgIpc) is 3.59. The van der Waals surface area contributed by atoms with Gasteiger partial charge in [0, 0.05) is 11.9 Å². The summed E-state index contributed by atoms with van der Waals surface area (Å²) in [5, 5.41) is 14.8. The zero-order chi connectivity index (χ0) is 22.7. The molecule has 32 heavy (non-hydrogen) atoms. The van der Waals surface area contributed by atoms with Crippen molar-refractivity contribution >= 4 is 29.2 Å². The smallest absolute Gasteiger partial charge is 0.261 e. The SMILES string of the molecule is N#CC1(c2cc(Nc3nc(NC(CF)C(F)F)nc(-c4cccc(Cl)n4)n3)ccn2)CC1. The van der Waals surface area contributed by atoms with Crippen LogP contribution in [0.3, 0.4) is 0 Å². The average molecular weight is 461 g/mol. The van der Waals surface area contributed by atoms with Gasteiger partial charge < -0.3 is 10.6 Å². The second-order valence-electron chi connectivity index (χ2n) is 7.14. The van der Waals surface area contributed by atoms with E-state index in [1.54, 1.807) is 36.5 Å². The quantitative estimate of drug-likeness (QED) is 0.478. The molecule has 0 spiro atoms. The van der Waals surface area contributed by atoms with Crippen molar-refractivity contribution in [1.29, 1.82) is 5.26 Å². The van der Waals surface area contributed by atoms with Gasteiger partial charge in [0.25, 0.3) is 6.43 Å². The lowest BCUT2D eigenvalue weighted by Gasteiger charge is -2.16. The topological polar surface area (TPSA) is 112 Å². The monoisotopic (exact) mass is 460 g/mol. The van der Waals surface area contributed by atoms with E-state index in [-0.39, 0.29) is 28.6 Å². The standard InChI is InChI=1S/C20H16ClF3N8/c21-15-3-1-2-12(28-15)17-30-18(32-19(31-17)29-13(9-22)16(23)24)27-11-4-7-26-14(8-11)20(10-25)5-6-20/h1-4,7-8,13,16H,5-6,9H2,(H2,26,27,29,30,31,32). The van der Waals surface area contributed by atoms with Crippen LogP contribution in [0.4, 0.5) is 30.8 Å². The molecule has 1 fully saturated rings. The summed E-state index contributed by atoms with van der Waals surface area (Å²) < 4.78 is 39.1. The van der Waals surface area contributed by atoms with Crippen molar-refractivity contribution in [3.63, 3.8) is 0 Å². The van der Waals surface area contributed by atoms with E-state index in [0.717, 1.165) is 12.8 Å². The van der Waals surface area contributed by atoms with Crippen LogP contribution in [-0.4, -0.2) is 44.1 Å². The summed E-state index contributed by atoms with van der Waals surface area (Å²) >= 11 is 5.94. The zero-order valence-electron chi connectivity index (χ0n) is 16.4. The molecule has 0 bridgehead atoms. The molecule has 1 unspecified atom stereocenters.